The quantitative estimate of drug-likeness (QED) is 0.295. The molecule has 0 unspecified atom stereocenters. The van der Waals surface area contributed by atoms with Crippen molar-refractivity contribution < 1.29 is 14.3 Å². The SMILES string of the molecule is COC(=O)CC(C)=O.[NaH]. The number of esters is 1. The summed E-state index contributed by atoms with van der Waals surface area (Å²) in [5.41, 5.74) is 0. The van der Waals surface area contributed by atoms with Gasteiger partial charge in [0.05, 0.1) is 7.11 Å². The van der Waals surface area contributed by atoms with Crippen LogP contribution in [0.25, 0.3) is 0 Å². The van der Waals surface area contributed by atoms with E-state index in [1.54, 1.807) is 0 Å². The van der Waals surface area contributed by atoms with Crippen LogP contribution in [0.2, 0.25) is 0 Å². The van der Waals surface area contributed by atoms with Crippen LogP contribution in [-0.2, 0) is 14.3 Å². The fourth-order valence-corrected chi connectivity index (χ4v) is 0.275. The van der Waals surface area contributed by atoms with Gasteiger partial charge in [0, 0.05) is 0 Å². The van der Waals surface area contributed by atoms with Gasteiger partial charge in [0.15, 0.2) is 0 Å². The van der Waals surface area contributed by atoms with Gasteiger partial charge in [-0.3, -0.25) is 9.59 Å². The van der Waals surface area contributed by atoms with Crippen molar-refractivity contribution >= 4 is 41.3 Å². The number of Topliss-reactive ketones (excluding diaryl/α,β-unsaturated/α-hetero) is 1. The second-order valence-electron chi connectivity index (χ2n) is 1.45. The summed E-state index contributed by atoms with van der Waals surface area (Å²) >= 11 is 0. The Labute approximate surface area is 76.0 Å². The van der Waals surface area contributed by atoms with Crippen LogP contribution in [-0.4, -0.2) is 48.4 Å². The van der Waals surface area contributed by atoms with Gasteiger partial charge in [0.2, 0.25) is 0 Å². The summed E-state index contributed by atoms with van der Waals surface area (Å²) in [4.78, 5) is 20.3. The normalized spacial score (nSPS) is 7.33. The number of ether oxygens (including phenoxy) is 1. The van der Waals surface area contributed by atoms with Crippen molar-refractivity contribution in [2.24, 2.45) is 0 Å². The second kappa shape index (κ2) is 6.26. The summed E-state index contributed by atoms with van der Waals surface area (Å²) in [5, 5.41) is 0. The number of hydrogen-bond donors (Lipinski definition) is 0. The molecule has 0 heterocycles. The predicted octanol–water partition coefficient (Wildman–Crippen LogP) is -0.510. The molecular formula is C5H9NaO3. The first kappa shape index (κ1) is 11.9. The van der Waals surface area contributed by atoms with Gasteiger partial charge in [-0.05, 0) is 6.92 Å². The monoisotopic (exact) mass is 140 g/mol. The van der Waals surface area contributed by atoms with E-state index >= 15 is 0 Å². The zero-order chi connectivity index (χ0) is 6.57. The van der Waals surface area contributed by atoms with E-state index in [9.17, 15) is 9.59 Å². The van der Waals surface area contributed by atoms with Crippen LogP contribution in [0.5, 0.6) is 0 Å². The van der Waals surface area contributed by atoms with Gasteiger partial charge in [-0.2, -0.15) is 0 Å². The second-order valence-corrected chi connectivity index (χ2v) is 1.45. The molecule has 0 N–H and O–H groups in total. The van der Waals surface area contributed by atoms with Gasteiger partial charge >= 0.3 is 35.5 Å². The van der Waals surface area contributed by atoms with Crippen molar-refractivity contribution in [2.45, 2.75) is 13.3 Å². The zero-order valence-electron chi connectivity index (χ0n) is 4.93. The fourth-order valence-electron chi connectivity index (χ4n) is 0.275. The predicted molar refractivity (Wildman–Crippen MR) is 34.5 cm³/mol. The van der Waals surface area contributed by atoms with Gasteiger partial charge in [-0.25, -0.2) is 0 Å². The molecule has 4 heteroatoms. The average molecular weight is 140 g/mol. The van der Waals surface area contributed by atoms with Crippen LogP contribution in [0, 0.1) is 0 Å². The first-order valence-corrected chi connectivity index (χ1v) is 2.23. The third-order valence-electron chi connectivity index (χ3n) is 0.621. The van der Waals surface area contributed by atoms with Crippen molar-refractivity contribution in [1.29, 1.82) is 0 Å². The molecule has 0 spiro atoms. The molecule has 0 saturated carbocycles. The van der Waals surface area contributed by atoms with E-state index in [1.165, 1.54) is 14.0 Å². The van der Waals surface area contributed by atoms with Crippen molar-refractivity contribution in [1.82, 2.24) is 0 Å². The van der Waals surface area contributed by atoms with Gasteiger partial charge in [0.1, 0.15) is 12.2 Å². The Hall–Kier alpha value is 0.140. The molecule has 3 nitrogen and oxygen atoms in total. The molecule has 0 atom stereocenters. The average Bonchev–Trinajstić information content (AvgIpc) is 1.65. The Kier molecular flexibility index (Phi) is 8.27. The summed E-state index contributed by atoms with van der Waals surface area (Å²) in [6.07, 6.45) is -0.115. The fraction of sp³-hybridized carbons (Fsp3) is 0.600. The Bertz CT molecular complexity index is 111. The number of carbonyl (C=O) groups is 2. The Morgan fingerprint density at radius 1 is 1.44 bits per heavy atom. The number of methoxy groups -OCH3 is 1. The van der Waals surface area contributed by atoms with Crippen molar-refractivity contribution in [3.8, 4) is 0 Å². The first-order chi connectivity index (χ1) is 3.66. The van der Waals surface area contributed by atoms with Crippen LogP contribution >= 0.6 is 0 Å². The third kappa shape index (κ3) is 8.14. The van der Waals surface area contributed by atoms with Gasteiger partial charge in [-0.1, -0.05) is 0 Å². The van der Waals surface area contributed by atoms with E-state index in [0.29, 0.717) is 0 Å². The molecule has 0 amide bonds. The molecular weight excluding hydrogens is 131 g/mol. The molecule has 0 bridgehead atoms. The summed E-state index contributed by atoms with van der Waals surface area (Å²) < 4.78 is 4.20. The van der Waals surface area contributed by atoms with Gasteiger partial charge in [-0.15, -0.1) is 0 Å². The maximum atomic E-state index is 10.2. The number of rotatable bonds is 2. The molecule has 9 heavy (non-hydrogen) atoms. The Morgan fingerprint density at radius 3 is 2.00 bits per heavy atom. The van der Waals surface area contributed by atoms with Crippen molar-refractivity contribution in [3.05, 3.63) is 0 Å². The van der Waals surface area contributed by atoms with E-state index in [-0.39, 0.29) is 41.8 Å². The molecule has 0 rings (SSSR count). The molecule has 0 saturated heterocycles. The van der Waals surface area contributed by atoms with Gasteiger partial charge in [0.25, 0.3) is 0 Å². The molecule has 0 aliphatic rings. The minimum absolute atomic E-state index is 0. The van der Waals surface area contributed by atoms with E-state index in [4.69, 9.17) is 0 Å². The molecule has 0 fully saturated rings. The van der Waals surface area contributed by atoms with Crippen molar-refractivity contribution in [2.75, 3.05) is 7.11 Å². The molecule has 0 aromatic carbocycles. The van der Waals surface area contributed by atoms with Crippen molar-refractivity contribution in [3.63, 3.8) is 0 Å². The summed E-state index contributed by atoms with van der Waals surface area (Å²) in [7, 11) is 1.26. The van der Waals surface area contributed by atoms with Crippen LogP contribution in [0.3, 0.4) is 0 Å². The third-order valence-corrected chi connectivity index (χ3v) is 0.621. The molecule has 0 aliphatic carbocycles. The maximum absolute atomic E-state index is 10.2. The van der Waals surface area contributed by atoms with Crippen LogP contribution < -0.4 is 0 Å². The van der Waals surface area contributed by atoms with Crippen LogP contribution in [0.1, 0.15) is 13.3 Å². The van der Waals surface area contributed by atoms with E-state index in [2.05, 4.69) is 4.74 Å². The van der Waals surface area contributed by atoms with E-state index in [0.717, 1.165) is 0 Å². The Balaban J connectivity index is 0. The summed E-state index contributed by atoms with van der Waals surface area (Å²) in [6.45, 7) is 1.34. The minimum atomic E-state index is -0.475. The van der Waals surface area contributed by atoms with E-state index < -0.39 is 5.97 Å². The summed E-state index contributed by atoms with van der Waals surface area (Å²) in [6, 6.07) is 0. The molecule has 0 radical (unpaired) electrons. The molecule has 0 aliphatic heterocycles. The zero-order valence-corrected chi connectivity index (χ0v) is 4.93. The Morgan fingerprint density at radius 2 is 1.89 bits per heavy atom. The van der Waals surface area contributed by atoms with Gasteiger partial charge < -0.3 is 4.74 Å². The number of carbonyl (C=O) groups excluding carboxylic acids is 2. The molecule has 0 aromatic heterocycles. The van der Waals surface area contributed by atoms with Crippen LogP contribution in [0.4, 0.5) is 0 Å². The molecule has 0 aromatic rings. The standard InChI is InChI=1S/C5H8O3.Na.H/c1-4(6)3-5(7)8-2;;/h3H2,1-2H3;;. The topological polar surface area (TPSA) is 43.4 Å². The molecule has 48 valence electrons. The summed E-state index contributed by atoms with van der Waals surface area (Å²) in [5.74, 6) is -0.644. The number of hydrogen-bond acceptors (Lipinski definition) is 3. The van der Waals surface area contributed by atoms with E-state index in [1.807, 2.05) is 0 Å². The van der Waals surface area contributed by atoms with Crippen LogP contribution in [0.15, 0.2) is 0 Å². The first-order valence-electron chi connectivity index (χ1n) is 2.23. The number of ketones is 1.